The molecule has 3 rings (SSSR count). The molecule has 0 saturated heterocycles. The molecule has 2 heterocycles. The number of halogens is 6. The molecule has 3 aromatic rings. The molecule has 0 aliphatic carbocycles. The fraction of sp³-hybridized carbons (Fsp3) is 0.263. The Bertz CT molecular complexity index is 905. The highest BCUT2D eigenvalue weighted by atomic mass is 19.3. The van der Waals surface area contributed by atoms with Crippen molar-refractivity contribution in [3.05, 3.63) is 65.7 Å². The standard InChI is InChI=1S/C17H12F6N4.C2H6/c18-13-6-24-7-14(19)11(13)5-25-10-3-1-9(2-4-10)12-8-27(17(22)23)26-15(12)16(20)21;1-2/h1-4,6-8,16-17,25H,5H2;1-2H3. The lowest BCUT2D eigenvalue weighted by molar-refractivity contribution is 0.0537. The Morgan fingerprint density at radius 3 is 2.07 bits per heavy atom. The van der Waals surface area contributed by atoms with Gasteiger partial charge in [0, 0.05) is 29.6 Å². The maximum atomic E-state index is 13.5. The van der Waals surface area contributed by atoms with Crippen LogP contribution in [0.25, 0.3) is 11.1 Å². The second-order valence-electron chi connectivity index (χ2n) is 5.50. The van der Waals surface area contributed by atoms with Gasteiger partial charge >= 0.3 is 6.55 Å². The summed E-state index contributed by atoms with van der Waals surface area (Å²) in [6.45, 7) is 0.799. The van der Waals surface area contributed by atoms with E-state index in [1.165, 1.54) is 24.3 Å². The highest BCUT2D eigenvalue weighted by Crippen LogP contribution is 2.32. The highest BCUT2D eigenvalue weighted by Gasteiger charge is 2.22. The van der Waals surface area contributed by atoms with Gasteiger partial charge in [0.2, 0.25) is 0 Å². The molecule has 29 heavy (non-hydrogen) atoms. The number of pyridine rings is 1. The van der Waals surface area contributed by atoms with Crippen molar-refractivity contribution in [2.24, 2.45) is 0 Å². The second-order valence-corrected chi connectivity index (χ2v) is 5.50. The van der Waals surface area contributed by atoms with Crippen LogP contribution in [0.3, 0.4) is 0 Å². The van der Waals surface area contributed by atoms with Crippen molar-refractivity contribution in [3.8, 4) is 11.1 Å². The molecule has 10 heteroatoms. The first-order chi connectivity index (χ1) is 13.9. The molecule has 0 radical (unpaired) electrons. The van der Waals surface area contributed by atoms with Crippen LogP contribution in [0.1, 0.15) is 38.1 Å². The average molecular weight is 416 g/mol. The zero-order valence-corrected chi connectivity index (χ0v) is 15.5. The minimum absolute atomic E-state index is 0.122. The molecule has 0 aliphatic rings. The van der Waals surface area contributed by atoms with Crippen molar-refractivity contribution in [1.29, 1.82) is 0 Å². The molecule has 0 bridgehead atoms. The van der Waals surface area contributed by atoms with E-state index in [-0.39, 0.29) is 27.9 Å². The number of aromatic nitrogens is 3. The van der Waals surface area contributed by atoms with Crippen LogP contribution in [0.5, 0.6) is 0 Å². The average Bonchev–Trinajstić information content (AvgIpc) is 3.16. The van der Waals surface area contributed by atoms with E-state index in [1.807, 2.05) is 13.8 Å². The molecule has 0 unspecified atom stereocenters. The number of hydrogen-bond donors (Lipinski definition) is 1. The van der Waals surface area contributed by atoms with Gasteiger partial charge in [0.1, 0.15) is 17.3 Å². The number of rotatable bonds is 6. The van der Waals surface area contributed by atoms with Crippen molar-refractivity contribution in [1.82, 2.24) is 14.8 Å². The SMILES string of the molecule is CC.Fc1cncc(F)c1CNc1ccc(-c2cn(C(F)F)nc2C(F)F)cc1. The number of benzene rings is 1. The smallest absolute Gasteiger partial charge is 0.333 e. The summed E-state index contributed by atoms with van der Waals surface area (Å²) in [6.07, 6.45) is -0.405. The third kappa shape index (κ3) is 5.27. The van der Waals surface area contributed by atoms with Crippen molar-refractivity contribution >= 4 is 5.69 Å². The molecule has 0 spiro atoms. The Labute approximate surface area is 163 Å². The Kier molecular flexibility index (Phi) is 7.63. The second kappa shape index (κ2) is 9.94. The van der Waals surface area contributed by atoms with Crippen LogP contribution in [0.2, 0.25) is 0 Å². The molecule has 0 fully saturated rings. The van der Waals surface area contributed by atoms with Crippen molar-refractivity contribution < 1.29 is 26.3 Å². The van der Waals surface area contributed by atoms with Gasteiger partial charge in [-0.25, -0.2) is 22.2 Å². The van der Waals surface area contributed by atoms with E-state index in [4.69, 9.17) is 0 Å². The molecular weight excluding hydrogens is 398 g/mol. The zero-order valence-electron chi connectivity index (χ0n) is 15.5. The summed E-state index contributed by atoms with van der Waals surface area (Å²) < 4.78 is 78.8. The lowest BCUT2D eigenvalue weighted by Gasteiger charge is -2.09. The predicted octanol–water partition coefficient (Wildman–Crippen LogP) is 6.19. The van der Waals surface area contributed by atoms with Crippen LogP contribution >= 0.6 is 0 Å². The maximum absolute atomic E-state index is 13.5. The lowest BCUT2D eigenvalue weighted by Crippen LogP contribution is -2.05. The number of hydrogen-bond acceptors (Lipinski definition) is 3. The molecule has 0 saturated carbocycles. The van der Waals surface area contributed by atoms with E-state index in [0.29, 0.717) is 5.69 Å². The van der Waals surface area contributed by atoms with Gasteiger partial charge in [0.25, 0.3) is 6.43 Å². The van der Waals surface area contributed by atoms with Crippen molar-refractivity contribution in [2.45, 2.75) is 33.4 Å². The summed E-state index contributed by atoms with van der Waals surface area (Å²) in [5.41, 5.74) is -0.370. The largest absolute Gasteiger partial charge is 0.381 e. The first-order valence-corrected chi connectivity index (χ1v) is 8.64. The number of nitrogens with one attached hydrogen (secondary N) is 1. The molecular formula is C19H18F6N4. The quantitative estimate of drug-likeness (QED) is 0.487. The summed E-state index contributed by atoms with van der Waals surface area (Å²) in [7, 11) is 0. The van der Waals surface area contributed by atoms with Crippen LogP contribution in [-0.2, 0) is 6.54 Å². The zero-order chi connectivity index (χ0) is 21.6. The molecule has 4 nitrogen and oxygen atoms in total. The van der Waals surface area contributed by atoms with Gasteiger partial charge in [-0.05, 0) is 17.7 Å². The van der Waals surface area contributed by atoms with E-state index in [1.54, 1.807) is 0 Å². The van der Waals surface area contributed by atoms with E-state index < -0.39 is 30.3 Å². The number of alkyl halides is 4. The molecule has 0 aliphatic heterocycles. The monoisotopic (exact) mass is 416 g/mol. The summed E-state index contributed by atoms with van der Waals surface area (Å²) in [5.74, 6) is -1.61. The minimum atomic E-state index is -3.04. The molecule has 0 amide bonds. The Morgan fingerprint density at radius 2 is 1.55 bits per heavy atom. The Balaban J connectivity index is 0.00000145. The van der Waals surface area contributed by atoms with Crippen molar-refractivity contribution in [2.75, 3.05) is 5.32 Å². The van der Waals surface area contributed by atoms with E-state index >= 15 is 0 Å². The third-order valence-electron chi connectivity index (χ3n) is 3.78. The molecule has 0 atom stereocenters. The van der Waals surface area contributed by atoms with E-state index in [0.717, 1.165) is 18.6 Å². The lowest BCUT2D eigenvalue weighted by atomic mass is 10.1. The van der Waals surface area contributed by atoms with Gasteiger partial charge in [-0.1, -0.05) is 26.0 Å². The summed E-state index contributed by atoms with van der Waals surface area (Å²) in [4.78, 5) is 3.38. The number of nitrogens with zero attached hydrogens (tertiary/aromatic N) is 3. The first-order valence-electron chi connectivity index (χ1n) is 8.64. The predicted molar refractivity (Wildman–Crippen MR) is 96.7 cm³/mol. The normalized spacial score (nSPS) is 10.8. The fourth-order valence-corrected chi connectivity index (χ4v) is 2.45. The van der Waals surface area contributed by atoms with Gasteiger partial charge in [-0.15, -0.1) is 0 Å². The highest BCUT2D eigenvalue weighted by molar-refractivity contribution is 5.68. The van der Waals surface area contributed by atoms with Crippen LogP contribution in [0.4, 0.5) is 32.0 Å². The van der Waals surface area contributed by atoms with E-state index in [2.05, 4.69) is 15.4 Å². The fourth-order valence-electron chi connectivity index (χ4n) is 2.45. The third-order valence-corrected chi connectivity index (χ3v) is 3.78. The van der Waals surface area contributed by atoms with Crippen LogP contribution in [0, 0.1) is 11.6 Å². The van der Waals surface area contributed by atoms with Gasteiger partial charge in [-0.3, -0.25) is 4.98 Å². The van der Waals surface area contributed by atoms with Gasteiger partial charge in [-0.2, -0.15) is 13.9 Å². The van der Waals surface area contributed by atoms with Crippen molar-refractivity contribution in [3.63, 3.8) is 0 Å². The van der Waals surface area contributed by atoms with Gasteiger partial charge in [0.15, 0.2) is 0 Å². The maximum Gasteiger partial charge on any atom is 0.333 e. The molecule has 2 aromatic heterocycles. The topological polar surface area (TPSA) is 42.7 Å². The molecule has 156 valence electrons. The first kappa shape index (κ1) is 22.3. The van der Waals surface area contributed by atoms with Crippen LogP contribution in [-0.4, -0.2) is 14.8 Å². The van der Waals surface area contributed by atoms with Gasteiger partial charge in [0.05, 0.1) is 12.4 Å². The minimum Gasteiger partial charge on any atom is -0.381 e. The Hall–Kier alpha value is -3.04. The van der Waals surface area contributed by atoms with Gasteiger partial charge < -0.3 is 5.32 Å². The summed E-state index contributed by atoms with van der Waals surface area (Å²) >= 11 is 0. The summed E-state index contributed by atoms with van der Waals surface area (Å²) in [5, 5.41) is 6.00. The van der Waals surface area contributed by atoms with Crippen LogP contribution < -0.4 is 5.32 Å². The summed E-state index contributed by atoms with van der Waals surface area (Å²) in [6, 6.07) is 5.78. The Morgan fingerprint density at radius 1 is 0.966 bits per heavy atom. The molecule has 1 aromatic carbocycles. The number of anilines is 1. The molecule has 1 N–H and O–H groups in total. The van der Waals surface area contributed by atoms with E-state index in [9.17, 15) is 26.3 Å². The van der Waals surface area contributed by atoms with Crippen LogP contribution in [0.15, 0.2) is 42.9 Å².